The Labute approximate surface area is 91.0 Å². The van der Waals surface area contributed by atoms with Gasteiger partial charge in [0.15, 0.2) is 0 Å². The van der Waals surface area contributed by atoms with E-state index in [1.54, 1.807) is 6.07 Å². The van der Waals surface area contributed by atoms with Crippen LogP contribution in [0.25, 0.3) is 0 Å². The second-order valence-electron chi connectivity index (χ2n) is 2.54. The van der Waals surface area contributed by atoms with E-state index in [4.69, 9.17) is 11.5 Å². The van der Waals surface area contributed by atoms with E-state index in [1.807, 2.05) is 0 Å². The van der Waals surface area contributed by atoms with Gasteiger partial charge < -0.3 is 11.5 Å². The Balaban J connectivity index is 0.00000144. The van der Waals surface area contributed by atoms with Crippen LogP contribution < -0.4 is 11.5 Å². The molecule has 0 aliphatic carbocycles. The topological polar surface area (TPSA) is 52.0 Å². The minimum absolute atomic E-state index is 0. The minimum atomic E-state index is -0.303. The smallest absolute Gasteiger partial charge is 0.124 e. The van der Waals surface area contributed by atoms with Crippen LogP contribution in [0, 0.1) is 5.82 Å². The molecule has 13 heavy (non-hydrogen) atoms. The predicted octanol–water partition coefficient (Wildman–Crippen LogP) is 1.97. The predicted molar refractivity (Wildman–Crippen MR) is 57.3 cm³/mol. The molecule has 4 N–H and O–H groups in total. The van der Waals surface area contributed by atoms with Crippen molar-refractivity contribution in [3.8, 4) is 0 Å². The summed E-state index contributed by atoms with van der Waals surface area (Å²) in [6.07, 6.45) is 0. The number of rotatable bonds is 2. The molecule has 2 nitrogen and oxygen atoms in total. The second kappa shape index (κ2) is 5.54. The van der Waals surface area contributed by atoms with Crippen LogP contribution in [-0.2, 0) is 0 Å². The number of hydrogen-bond donors (Lipinski definition) is 2. The summed E-state index contributed by atoms with van der Waals surface area (Å²) in [6.45, 7) is 0.315. The van der Waals surface area contributed by atoms with Crippen LogP contribution in [0.4, 0.5) is 4.39 Å². The van der Waals surface area contributed by atoms with Gasteiger partial charge in [-0.1, -0.05) is 15.9 Å². The van der Waals surface area contributed by atoms with Crippen molar-refractivity contribution in [1.29, 1.82) is 0 Å². The van der Waals surface area contributed by atoms with Gasteiger partial charge in [-0.05, 0) is 23.8 Å². The highest BCUT2D eigenvalue weighted by Gasteiger charge is 2.05. The molecule has 0 saturated heterocycles. The molecule has 0 saturated carbocycles. The molecule has 0 aliphatic heterocycles. The zero-order valence-corrected chi connectivity index (χ0v) is 9.24. The van der Waals surface area contributed by atoms with Crippen LogP contribution in [0.1, 0.15) is 11.6 Å². The first-order valence-corrected chi connectivity index (χ1v) is 4.34. The van der Waals surface area contributed by atoms with Gasteiger partial charge in [-0.3, -0.25) is 0 Å². The molecule has 0 amide bonds. The molecular weight excluding hydrogens is 258 g/mol. The van der Waals surface area contributed by atoms with Crippen molar-refractivity contribution >= 4 is 28.3 Å². The van der Waals surface area contributed by atoms with Crippen LogP contribution in [0.15, 0.2) is 22.7 Å². The van der Waals surface area contributed by atoms with Crippen LogP contribution >= 0.6 is 28.3 Å². The molecule has 0 bridgehead atoms. The first kappa shape index (κ1) is 12.8. The summed E-state index contributed by atoms with van der Waals surface area (Å²) in [5.41, 5.74) is 11.7. The van der Waals surface area contributed by atoms with Gasteiger partial charge in [0.1, 0.15) is 5.82 Å². The van der Waals surface area contributed by atoms with Gasteiger partial charge in [-0.25, -0.2) is 4.39 Å². The van der Waals surface area contributed by atoms with E-state index in [-0.39, 0.29) is 24.3 Å². The van der Waals surface area contributed by atoms with Gasteiger partial charge in [-0.15, -0.1) is 12.4 Å². The summed E-state index contributed by atoms with van der Waals surface area (Å²) < 4.78 is 13.5. The summed E-state index contributed by atoms with van der Waals surface area (Å²) in [5, 5.41) is 0. The van der Waals surface area contributed by atoms with E-state index in [0.29, 0.717) is 16.6 Å². The van der Waals surface area contributed by atoms with Crippen molar-refractivity contribution in [3.05, 3.63) is 34.1 Å². The summed E-state index contributed by atoms with van der Waals surface area (Å²) in [7, 11) is 0. The number of hydrogen-bond acceptors (Lipinski definition) is 2. The SMILES string of the molecule is Cl.NC[C@@H](N)c1cc(F)cc(Br)c1. The summed E-state index contributed by atoms with van der Waals surface area (Å²) in [6, 6.07) is 4.24. The summed E-state index contributed by atoms with van der Waals surface area (Å²) in [5.74, 6) is -0.303. The Morgan fingerprint density at radius 2 is 2.00 bits per heavy atom. The Morgan fingerprint density at radius 3 is 2.46 bits per heavy atom. The van der Waals surface area contributed by atoms with Crippen molar-refractivity contribution < 1.29 is 4.39 Å². The van der Waals surface area contributed by atoms with Crippen molar-refractivity contribution in [3.63, 3.8) is 0 Å². The highest BCUT2D eigenvalue weighted by atomic mass is 79.9. The van der Waals surface area contributed by atoms with E-state index in [0.717, 1.165) is 0 Å². The van der Waals surface area contributed by atoms with Gasteiger partial charge >= 0.3 is 0 Å². The zero-order valence-electron chi connectivity index (χ0n) is 6.84. The van der Waals surface area contributed by atoms with Crippen LogP contribution in [0.3, 0.4) is 0 Å². The lowest BCUT2D eigenvalue weighted by Gasteiger charge is -2.09. The number of halogens is 3. The molecule has 1 aromatic rings. The molecule has 0 heterocycles. The van der Waals surface area contributed by atoms with Gasteiger partial charge in [0.2, 0.25) is 0 Å². The maximum absolute atomic E-state index is 12.8. The standard InChI is InChI=1S/C8H10BrFN2.ClH/c9-6-1-5(8(12)4-11)2-7(10)3-6;/h1-3,8H,4,11-12H2;1H/t8-;/m1./s1. The van der Waals surface area contributed by atoms with Crippen LogP contribution in [-0.4, -0.2) is 6.54 Å². The average Bonchev–Trinajstić information content (AvgIpc) is 2.01. The van der Waals surface area contributed by atoms with Gasteiger partial charge in [0, 0.05) is 17.1 Å². The highest BCUT2D eigenvalue weighted by Crippen LogP contribution is 2.18. The molecule has 0 aliphatic rings. The fourth-order valence-corrected chi connectivity index (χ4v) is 1.41. The lowest BCUT2D eigenvalue weighted by molar-refractivity contribution is 0.619. The second-order valence-corrected chi connectivity index (χ2v) is 3.46. The number of nitrogens with two attached hydrogens (primary N) is 2. The normalized spacial score (nSPS) is 12.0. The fraction of sp³-hybridized carbons (Fsp3) is 0.250. The van der Waals surface area contributed by atoms with E-state index in [1.165, 1.54) is 12.1 Å². The lowest BCUT2D eigenvalue weighted by Crippen LogP contribution is -2.20. The third-order valence-electron chi connectivity index (χ3n) is 1.57. The molecule has 0 fully saturated rings. The maximum atomic E-state index is 12.8. The zero-order chi connectivity index (χ0) is 9.14. The van der Waals surface area contributed by atoms with Gasteiger partial charge in [0.05, 0.1) is 0 Å². The molecule has 1 atom stereocenters. The first-order chi connectivity index (χ1) is 5.63. The molecule has 74 valence electrons. The Hall–Kier alpha value is -0.160. The maximum Gasteiger partial charge on any atom is 0.124 e. The molecule has 0 spiro atoms. The van der Waals surface area contributed by atoms with E-state index >= 15 is 0 Å². The van der Waals surface area contributed by atoms with Crippen molar-refractivity contribution in [2.24, 2.45) is 11.5 Å². The molecular formula is C8H11BrClFN2. The lowest BCUT2D eigenvalue weighted by atomic mass is 10.1. The quantitative estimate of drug-likeness (QED) is 0.862. The highest BCUT2D eigenvalue weighted by molar-refractivity contribution is 9.10. The van der Waals surface area contributed by atoms with Crippen LogP contribution in [0.5, 0.6) is 0 Å². The minimum Gasteiger partial charge on any atom is -0.329 e. The van der Waals surface area contributed by atoms with Gasteiger partial charge in [-0.2, -0.15) is 0 Å². The van der Waals surface area contributed by atoms with E-state index in [9.17, 15) is 4.39 Å². The summed E-state index contributed by atoms with van der Waals surface area (Å²) in [4.78, 5) is 0. The first-order valence-electron chi connectivity index (χ1n) is 3.55. The van der Waals surface area contributed by atoms with E-state index in [2.05, 4.69) is 15.9 Å². The van der Waals surface area contributed by atoms with Crippen LogP contribution in [0.2, 0.25) is 0 Å². The molecule has 1 aromatic carbocycles. The summed E-state index contributed by atoms with van der Waals surface area (Å²) >= 11 is 3.17. The molecule has 0 radical (unpaired) electrons. The van der Waals surface area contributed by atoms with E-state index < -0.39 is 0 Å². The van der Waals surface area contributed by atoms with Gasteiger partial charge in [0.25, 0.3) is 0 Å². The Kier molecular flexibility index (Phi) is 5.48. The van der Waals surface area contributed by atoms with Crippen molar-refractivity contribution in [2.45, 2.75) is 6.04 Å². The molecule has 5 heteroatoms. The third kappa shape index (κ3) is 3.60. The Bertz CT molecular complexity index is 263. The van der Waals surface area contributed by atoms with Crippen molar-refractivity contribution in [1.82, 2.24) is 0 Å². The monoisotopic (exact) mass is 268 g/mol. The van der Waals surface area contributed by atoms with Crippen molar-refractivity contribution in [2.75, 3.05) is 6.54 Å². The Morgan fingerprint density at radius 1 is 1.38 bits per heavy atom. The average molecular weight is 270 g/mol. The number of benzene rings is 1. The molecule has 0 aromatic heterocycles. The molecule has 1 rings (SSSR count). The third-order valence-corrected chi connectivity index (χ3v) is 2.02. The fourth-order valence-electron chi connectivity index (χ4n) is 0.925. The molecule has 0 unspecified atom stereocenters. The largest absolute Gasteiger partial charge is 0.329 e.